The number of nitrogens with zero attached hydrogens (tertiary/aromatic N) is 2. The lowest BCUT2D eigenvalue weighted by Gasteiger charge is -2.02. The lowest BCUT2D eigenvalue weighted by atomic mass is 10.2. The van der Waals surface area contributed by atoms with Gasteiger partial charge in [-0.1, -0.05) is 11.6 Å². The molecular weight excluding hydrogens is 326 g/mol. The second-order valence-electron chi connectivity index (χ2n) is 4.37. The third kappa shape index (κ3) is 3.95. The molecule has 1 amide bonds. The molecule has 0 unspecified atom stereocenters. The van der Waals surface area contributed by atoms with E-state index in [2.05, 4.69) is 10.5 Å². The van der Waals surface area contributed by atoms with E-state index in [0.717, 1.165) is 18.3 Å². The van der Waals surface area contributed by atoms with Crippen LogP contribution in [0.3, 0.4) is 0 Å². The normalized spacial score (nSPS) is 10.7. The van der Waals surface area contributed by atoms with Gasteiger partial charge >= 0.3 is 0 Å². The van der Waals surface area contributed by atoms with Gasteiger partial charge < -0.3 is 10.2 Å². The molecule has 0 fully saturated rings. The highest BCUT2D eigenvalue weighted by atomic mass is 35.5. The Morgan fingerprint density at radius 2 is 1.96 bits per heavy atom. The fraction of sp³-hybridized carbons (Fsp3) is 0. The molecular formula is C14H10ClN3O5. The molecule has 0 radical (unpaired) electrons. The van der Waals surface area contributed by atoms with Crippen molar-refractivity contribution in [2.24, 2.45) is 5.10 Å². The quantitative estimate of drug-likeness (QED) is 0.342. The van der Waals surface area contributed by atoms with E-state index in [1.165, 1.54) is 24.3 Å². The fourth-order valence-electron chi connectivity index (χ4n) is 1.63. The van der Waals surface area contributed by atoms with Crippen LogP contribution < -0.4 is 5.43 Å². The smallest absolute Gasteiger partial charge is 0.271 e. The Morgan fingerprint density at radius 1 is 1.22 bits per heavy atom. The van der Waals surface area contributed by atoms with Crippen LogP contribution in [-0.4, -0.2) is 27.3 Å². The molecule has 2 aromatic carbocycles. The lowest BCUT2D eigenvalue weighted by molar-refractivity contribution is -0.384. The van der Waals surface area contributed by atoms with Crippen LogP contribution >= 0.6 is 11.6 Å². The van der Waals surface area contributed by atoms with Gasteiger partial charge in [-0.15, -0.1) is 0 Å². The highest BCUT2D eigenvalue weighted by molar-refractivity contribution is 6.33. The Hall–Kier alpha value is -3.13. The van der Waals surface area contributed by atoms with Gasteiger partial charge in [0.25, 0.3) is 11.6 Å². The zero-order chi connectivity index (χ0) is 17.0. The number of nitro benzene ring substituents is 1. The van der Waals surface area contributed by atoms with Crippen molar-refractivity contribution >= 4 is 29.4 Å². The van der Waals surface area contributed by atoms with Crippen LogP contribution in [0, 0.1) is 10.1 Å². The first kappa shape index (κ1) is 16.2. The molecule has 0 bridgehead atoms. The number of phenolic OH excluding ortho intramolecular Hbond substituents is 2. The first-order valence-electron chi connectivity index (χ1n) is 6.18. The van der Waals surface area contributed by atoms with Crippen LogP contribution in [0.5, 0.6) is 11.5 Å². The monoisotopic (exact) mass is 335 g/mol. The van der Waals surface area contributed by atoms with Gasteiger partial charge in [0.1, 0.15) is 0 Å². The predicted octanol–water partition coefficient (Wildman–Crippen LogP) is 2.42. The zero-order valence-corrected chi connectivity index (χ0v) is 12.2. The van der Waals surface area contributed by atoms with E-state index in [9.17, 15) is 25.1 Å². The molecule has 23 heavy (non-hydrogen) atoms. The Balaban J connectivity index is 2.12. The van der Waals surface area contributed by atoms with E-state index in [1.54, 1.807) is 0 Å². The fourth-order valence-corrected chi connectivity index (χ4v) is 1.80. The minimum Gasteiger partial charge on any atom is -0.504 e. The molecule has 3 N–H and O–H groups in total. The van der Waals surface area contributed by atoms with Crippen LogP contribution in [-0.2, 0) is 0 Å². The number of amides is 1. The molecule has 0 aliphatic rings. The van der Waals surface area contributed by atoms with Crippen molar-refractivity contribution in [1.29, 1.82) is 0 Å². The minimum atomic E-state index is -0.641. The van der Waals surface area contributed by atoms with E-state index in [0.29, 0.717) is 0 Å². The second kappa shape index (κ2) is 6.75. The van der Waals surface area contributed by atoms with E-state index < -0.39 is 16.6 Å². The average Bonchev–Trinajstić information content (AvgIpc) is 2.51. The van der Waals surface area contributed by atoms with Crippen molar-refractivity contribution in [3.05, 3.63) is 62.7 Å². The van der Waals surface area contributed by atoms with Crippen molar-refractivity contribution in [2.45, 2.75) is 0 Å². The lowest BCUT2D eigenvalue weighted by Crippen LogP contribution is -2.17. The summed E-state index contributed by atoms with van der Waals surface area (Å²) in [7, 11) is 0. The van der Waals surface area contributed by atoms with Crippen LogP contribution in [0.15, 0.2) is 41.5 Å². The summed E-state index contributed by atoms with van der Waals surface area (Å²) >= 11 is 5.88. The summed E-state index contributed by atoms with van der Waals surface area (Å²) in [5.41, 5.74) is 2.35. The number of rotatable bonds is 4. The molecule has 0 saturated carbocycles. The number of hydrogen-bond acceptors (Lipinski definition) is 6. The molecule has 0 spiro atoms. The topological polar surface area (TPSA) is 125 Å². The molecule has 0 saturated heterocycles. The average molecular weight is 336 g/mol. The molecule has 0 aromatic heterocycles. The third-order valence-electron chi connectivity index (χ3n) is 2.80. The number of carbonyl (C=O) groups is 1. The number of hydrogen-bond donors (Lipinski definition) is 3. The molecule has 118 valence electrons. The second-order valence-corrected chi connectivity index (χ2v) is 4.77. The summed E-state index contributed by atoms with van der Waals surface area (Å²) in [6.45, 7) is 0. The van der Waals surface area contributed by atoms with Gasteiger partial charge in [0.15, 0.2) is 11.5 Å². The first-order valence-corrected chi connectivity index (χ1v) is 6.55. The number of aromatic hydroxyl groups is 2. The van der Waals surface area contributed by atoms with Crippen molar-refractivity contribution in [3.63, 3.8) is 0 Å². The summed E-state index contributed by atoms with van der Waals surface area (Å²) in [5.74, 6) is -1.44. The van der Waals surface area contributed by atoms with Crippen LogP contribution in [0.1, 0.15) is 15.9 Å². The number of benzene rings is 2. The summed E-state index contributed by atoms with van der Waals surface area (Å²) in [4.78, 5) is 21.9. The Kier molecular flexibility index (Phi) is 4.77. The maximum absolute atomic E-state index is 11.8. The number of halogens is 1. The maximum atomic E-state index is 11.8. The molecule has 9 heteroatoms. The molecule has 0 aliphatic carbocycles. The van der Waals surface area contributed by atoms with Gasteiger partial charge in [-0.3, -0.25) is 14.9 Å². The number of nitrogens with one attached hydrogen (secondary N) is 1. The van der Waals surface area contributed by atoms with E-state index in [1.807, 2.05) is 0 Å². The van der Waals surface area contributed by atoms with Crippen LogP contribution in [0.2, 0.25) is 5.02 Å². The number of non-ortho nitro benzene ring substituents is 1. The van der Waals surface area contributed by atoms with E-state index in [4.69, 9.17) is 11.6 Å². The van der Waals surface area contributed by atoms with Crippen molar-refractivity contribution in [2.75, 3.05) is 0 Å². The Morgan fingerprint density at radius 3 is 2.61 bits per heavy atom. The maximum Gasteiger partial charge on any atom is 0.271 e. The Labute approximate surface area is 134 Å². The summed E-state index contributed by atoms with van der Waals surface area (Å²) in [6.07, 6.45) is 1.16. The minimum absolute atomic E-state index is 0.0718. The van der Waals surface area contributed by atoms with Crippen LogP contribution in [0.4, 0.5) is 5.69 Å². The summed E-state index contributed by atoms with van der Waals surface area (Å²) in [6, 6.07) is 7.33. The SMILES string of the molecule is O=C(N/N=C\c1cc([N+](=O)[O-])ccc1Cl)c1ccc(O)c(O)c1. The van der Waals surface area contributed by atoms with Gasteiger partial charge in [0.2, 0.25) is 0 Å². The molecule has 0 heterocycles. The number of nitro groups is 1. The van der Waals surface area contributed by atoms with Crippen molar-refractivity contribution in [1.82, 2.24) is 5.43 Å². The van der Waals surface area contributed by atoms with Gasteiger partial charge in [0.05, 0.1) is 11.1 Å². The van der Waals surface area contributed by atoms with E-state index in [-0.39, 0.29) is 27.6 Å². The first-order chi connectivity index (χ1) is 10.9. The number of carbonyl (C=O) groups excluding carboxylic acids is 1. The highest BCUT2D eigenvalue weighted by Crippen LogP contribution is 2.24. The summed E-state index contributed by atoms with van der Waals surface area (Å²) < 4.78 is 0. The van der Waals surface area contributed by atoms with Gasteiger partial charge in [-0.2, -0.15) is 5.10 Å². The number of hydrazone groups is 1. The van der Waals surface area contributed by atoms with Crippen LogP contribution in [0.25, 0.3) is 0 Å². The molecule has 0 atom stereocenters. The molecule has 2 rings (SSSR count). The van der Waals surface area contributed by atoms with Gasteiger partial charge in [-0.25, -0.2) is 5.43 Å². The number of phenols is 2. The standard InChI is InChI=1S/C14H10ClN3O5/c15-11-3-2-10(18(22)23)5-9(11)7-16-17-14(21)8-1-4-12(19)13(20)6-8/h1-7,19-20H,(H,17,21)/b16-7-. The van der Waals surface area contributed by atoms with E-state index >= 15 is 0 Å². The summed E-state index contributed by atoms with van der Waals surface area (Å²) in [5, 5.41) is 33.1. The Bertz CT molecular complexity index is 807. The largest absolute Gasteiger partial charge is 0.504 e. The highest BCUT2D eigenvalue weighted by Gasteiger charge is 2.10. The third-order valence-corrected chi connectivity index (χ3v) is 3.14. The predicted molar refractivity (Wildman–Crippen MR) is 82.9 cm³/mol. The van der Waals surface area contributed by atoms with Crippen molar-refractivity contribution < 1.29 is 19.9 Å². The molecule has 0 aliphatic heterocycles. The van der Waals surface area contributed by atoms with Gasteiger partial charge in [0, 0.05) is 28.3 Å². The molecule has 8 nitrogen and oxygen atoms in total. The van der Waals surface area contributed by atoms with Crippen molar-refractivity contribution in [3.8, 4) is 11.5 Å². The van der Waals surface area contributed by atoms with Gasteiger partial charge in [-0.05, 0) is 24.3 Å². The molecule has 2 aromatic rings. The zero-order valence-electron chi connectivity index (χ0n) is 11.4.